The van der Waals surface area contributed by atoms with Crippen molar-refractivity contribution >= 4 is 12.1 Å². The topological polar surface area (TPSA) is 61.6 Å². The largest absolute Gasteiger partial charge is 0.329 e. The van der Waals surface area contributed by atoms with Gasteiger partial charge in [-0.25, -0.2) is 9.18 Å². The van der Waals surface area contributed by atoms with E-state index in [4.69, 9.17) is 5.73 Å². The maximum Gasteiger partial charge on any atom is 0.321 e. The SMILES string of the molecule is NCCN1CCN(C(=O)N/C=C/c2cccc(F)c2)CC1. The van der Waals surface area contributed by atoms with E-state index in [0.29, 0.717) is 25.2 Å². The summed E-state index contributed by atoms with van der Waals surface area (Å²) < 4.78 is 13.0. The summed E-state index contributed by atoms with van der Waals surface area (Å²) in [7, 11) is 0. The molecule has 1 aliphatic rings. The quantitative estimate of drug-likeness (QED) is 0.873. The van der Waals surface area contributed by atoms with Gasteiger partial charge in [-0.15, -0.1) is 0 Å². The van der Waals surface area contributed by atoms with Crippen LogP contribution < -0.4 is 11.1 Å². The molecule has 1 aliphatic heterocycles. The van der Waals surface area contributed by atoms with Crippen molar-refractivity contribution in [2.75, 3.05) is 39.3 Å². The Morgan fingerprint density at radius 3 is 2.76 bits per heavy atom. The number of benzene rings is 1. The molecule has 6 heteroatoms. The van der Waals surface area contributed by atoms with Crippen molar-refractivity contribution in [3.05, 3.63) is 41.8 Å². The molecule has 1 fully saturated rings. The Morgan fingerprint density at radius 1 is 1.33 bits per heavy atom. The summed E-state index contributed by atoms with van der Waals surface area (Å²) in [6.45, 7) is 4.59. The van der Waals surface area contributed by atoms with Crippen LogP contribution in [0.25, 0.3) is 6.08 Å². The summed E-state index contributed by atoms with van der Waals surface area (Å²) in [5.74, 6) is -0.292. The first-order valence-corrected chi connectivity index (χ1v) is 7.09. The van der Waals surface area contributed by atoms with Crippen molar-refractivity contribution in [3.63, 3.8) is 0 Å². The lowest BCUT2D eigenvalue weighted by molar-refractivity contribution is 0.143. The van der Waals surface area contributed by atoms with Gasteiger partial charge in [0.05, 0.1) is 0 Å². The number of nitrogens with zero attached hydrogens (tertiary/aromatic N) is 2. The van der Waals surface area contributed by atoms with Crippen molar-refractivity contribution in [3.8, 4) is 0 Å². The fourth-order valence-corrected chi connectivity index (χ4v) is 2.27. The molecule has 0 unspecified atom stereocenters. The highest BCUT2D eigenvalue weighted by Crippen LogP contribution is 2.05. The molecular formula is C15H21FN4O. The maximum absolute atomic E-state index is 13.0. The molecule has 5 nitrogen and oxygen atoms in total. The molecule has 0 aromatic heterocycles. The van der Waals surface area contributed by atoms with E-state index in [-0.39, 0.29) is 11.8 Å². The van der Waals surface area contributed by atoms with Crippen molar-refractivity contribution in [2.45, 2.75) is 0 Å². The Hall–Kier alpha value is -1.92. The molecule has 0 radical (unpaired) electrons. The van der Waals surface area contributed by atoms with E-state index >= 15 is 0 Å². The first-order chi connectivity index (χ1) is 10.2. The first-order valence-electron chi connectivity index (χ1n) is 7.09. The predicted octanol–water partition coefficient (Wildman–Crippen LogP) is 1.08. The second kappa shape index (κ2) is 7.75. The van der Waals surface area contributed by atoms with Crippen LogP contribution in [0, 0.1) is 5.82 Å². The van der Waals surface area contributed by atoms with Gasteiger partial charge in [-0.05, 0) is 23.8 Å². The number of nitrogens with two attached hydrogens (primary N) is 1. The van der Waals surface area contributed by atoms with E-state index in [2.05, 4.69) is 10.2 Å². The van der Waals surface area contributed by atoms with Crippen LogP contribution in [0.4, 0.5) is 9.18 Å². The van der Waals surface area contributed by atoms with Crippen LogP contribution in [-0.2, 0) is 0 Å². The van der Waals surface area contributed by atoms with E-state index in [0.717, 1.165) is 19.6 Å². The lowest BCUT2D eigenvalue weighted by Gasteiger charge is -2.34. The number of nitrogens with one attached hydrogen (secondary N) is 1. The fourth-order valence-electron chi connectivity index (χ4n) is 2.27. The number of rotatable bonds is 4. The third-order valence-electron chi connectivity index (χ3n) is 3.44. The highest BCUT2D eigenvalue weighted by Gasteiger charge is 2.19. The van der Waals surface area contributed by atoms with Gasteiger partial charge >= 0.3 is 6.03 Å². The van der Waals surface area contributed by atoms with Crippen LogP contribution in [0.3, 0.4) is 0 Å². The molecule has 2 rings (SSSR count). The van der Waals surface area contributed by atoms with Gasteiger partial charge in [-0.1, -0.05) is 12.1 Å². The third-order valence-corrected chi connectivity index (χ3v) is 3.44. The highest BCUT2D eigenvalue weighted by molar-refractivity contribution is 5.76. The first kappa shape index (κ1) is 15.5. The second-order valence-electron chi connectivity index (χ2n) is 4.96. The molecule has 0 aliphatic carbocycles. The van der Waals surface area contributed by atoms with Gasteiger partial charge in [0.15, 0.2) is 0 Å². The van der Waals surface area contributed by atoms with E-state index in [1.54, 1.807) is 29.3 Å². The van der Waals surface area contributed by atoms with Crippen molar-refractivity contribution in [2.24, 2.45) is 5.73 Å². The molecule has 1 saturated heterocycles. The van der Waals surface area contributed by atoms with E-state index in [1.165, 1.54) is 12.1 Å². The summed E-state index contributed by atoms with van der Waals surface area (Å²) in [5.41, 5.74) is 6.23. The number of carbonyl (C=O) groups excluding carboxylic acids is 1. The van der Waals surface area contributed by atoms with Crippen molar-refractivity contribution in [1.82, 2.24) is 15.1 Å². The number of hydrogen-bond donors (Lipinski definition) is 2. The molecule has 0 spiro atoms. The predicted molar refractivity (Wildman–Crippen MR) is 81.0 cm³/mol. The summed E-state index contributed by atoms with van der Waals surface area (Å²) in [5, 5.41) is 2.71. The zero-order chi connectivity index (χ0) is 15.1. The van der Waals surface area contributed by atoms with E-state index in [9.17, 15) is 9.18 Å². The van der Waals surface area contributed by atoms with Gasteiger partial charge in [0.2, 0.25) is 0 Å². The average molecular weight is 292 g/mol. The van der Waals surface area contributed by atoms with Gasteiger partial charge in [0, 0.05) is 45.5 Å². The highest BCUT2D eigenvalue weighted by atomic mass is 19.1. The minimum absolute atomic E-state index is 0.130. The fraction of sp³-hybridized carbons (Fsp3) is 0.400. The van der Waals surface area contributed by atoms with Crippen LogP contribution in [0.5, 0.6) is 0 Å². The standard InChI is InChI=1S/C15H21FN4O/c16-14-3-1-2-13(12-14)4-6-18-15(21)20-10-8-19(7-5-17)9-11-20/h1-4,6,12H,5,7-11,17H2,(H,18,21)/b6-4+. The molecule has 21 heavy (non-hydrogen) atoms. The lowest BCUT2D eigenvalue weighted by Crippen LogP contribution is -2.51. The number of hydrogen-bond acceptors (Lipinski definition) is 3. The minimum Gasteiger partial charge on any atom is -0.329 e. The average Bonchev–Trinajstić information content (AvgIpc) is 2.48. The normalized spacial score (nSPS) is 16.4. The molecular weight excluding hydrogens is 271 g/mol. The zero-order valence-electron chi connectivity index (χ0n) is 12.0. The number of piperazine rings is 1. The Balaban J connectivity index is 1.77. The van der Waals surface area contributed by atoms with Crippen LogP contribution in [0.1, 0.15) is 5.56 Å². The summed E-state index contributed by atoms with van der Waals surface area (Å²) in [6.07, 6.45) is 3.22. The second-order valence-corrected chi connectivity index (χ2v) is 4.96. The number of urea groups is 1. The van der Waals surface area contributed by atoms with Gasteiger partial charge in [-0.2, -0.15) is 0 Å². The lowest BCUT2D eigenvalue weighted by atomic mass is 10.2. The zero-order valence-corrected chi connectivity index (χ0v) is 12.0. The number of halogens is 1. The summed E-state index contributed by atoms with van der Waals surface area (Å²) in [6, 6.07) is 6.07. The molecule has 1 aromatic carbocycles. The Morgan fingerprint density at radius 2 is 2.10 bits per heavy atom. The van der Waals surface area contributed by atoms with Crippen LogP contribution >= 0.6 is 0 Å². The number of amides is 2. The molecule has 1 heterocycles. The Bertz CT molecular complexity index is 498. The molecule has 114 valence electrons. The molecule has 0 atom stereocenters. The van der Waals surface area contributed by atoms with Crippen LogP contribution in [0.15, 0.2) is 30.5 Å². The minimum atomic E-state index is -0.292. The van der Waals surface area contributed by atoms with E-state index < -0.39 is 0 Å². The van der Waals surface area contributed by atoms with Gasteiger partial charge in [-0.3, -0.25) is 4.90 Å². The van der Waals surface area contributed by atoms with Gasteiger partial charge in [0.25, 0.3) is 0 Å². The summed E-state index contributed by atoms with van der Waals surface area (Å²) in [4.78, 5) is 16.0. The van der Waals surface area contributed by atoms with Crippen molar-refractivity contribution < 1.29 is 9.18 Å². The third kappa shape index (κ3) is 4.84. The Labute approximate surface area is 124 Å². The molecule has 1 aromatic rings. The smallest absolute Gasteiger partial charge is 0.321 e. The Kier molecular flexibility index (Phi) is 5.71. The molecule has 2 amide bonds. The van der Waals surface area contributed by atoms with Crippen molar-refractivity contribution in [1.29, 1.82) is 0 Å². The van der Waals surface area contributed by atoms with E-state index in [1.807, 2.05) is 0 Å². The van der Waals surface area contributed by atoms with Crippen LogP contribution in [0.2, 0.25) is 0 Å². The molecule has 0 bridgehead atoms. The monoisotopic (exact) mass is 292 g/mol. The van der Waals surface area contributed by atoms with Crippen LogP contribution in [-0.4, -0.2) is 55.1 Å². The summed E-state index contributed by atoms with van der Waals surface area (Å²) >= 11 is 0. The van der Waals surface area contributed by atoms with Gasteiger partial charge in [0.1, 0.15) is 5.82 Å². The molecule has 3 N–H and O–H groups in total. The number of carbonyl (C=O) groups is 1. The maximum atomic E-state index is 13.0. The van der Waals surface area contributed by atoms with Gasteiger partial charge < -0.3 is 16.0 Å². The molecule has 0 saturated carbocycles.